The number of aliphatic hydroxyl groups is 1. The van der Waals surface area contributed by atoms with Gasteiger partial charge in [-0.3, -0.25) is 0 Å². The number of sulfonamides is 1. The quantitative estimate of drug-likeness (QED) is 0.568. The van der Waals surface area contributed by atoms with Crippen LogP contribution in [0.5, 0.6) is 0 Å². The topological polar surface area (TPSA) is 113 Å². The fraction of sp³-hybridized carbons (Fsp3) is 0.545. The highest BCUT2D eigenvalue weighted by atomic mass is 32.2. The average Bonchev–Trinajstić information content (AvgIpc) is 2.76. The average molecular weight is 323 g/mol. The smallest absolute Gasteiger partial charge is 0.347 e. The first-order chi connectivity index (χ1) is 9.40. The van der Waals surface area contributed by atoms with E-state index in [2.05, 4.69) is 4.72 Å². The summed E-state index contributed by atoms with van der Waals surface area (Å²) in [5.74, 6) is -1.25. The molecular weight excluding hydrogens is 306 g/mol. The molecule has 1 heterocycles. The van der Waals surface area contributed by atoms with Crippen LogP contribution in [0.25, 0.3) is 0 Å². The number of aryl methyl sites for hydroxylation is 1. The maximum absolute atomic E-state index is 12.1. The predicted octanol–water partition coefficient (Wildman–Crippen LogP) is 0.432. The third kappa shape index (κ3) is 4.53. The molecule has 0 amide bonds. The Morgan fingerprint density at radius 2 is 2.15 bits per heavy atom. The van der Waals surface area contributed by atoms with Crippen LogP contribution in [0.15, 0.2) is 10.3 Å². The SMILES string of the molecule is Cc1csc(C(=O)O)c1S(=O)(=O)NCCCOCCO. The fourth-order valence-electron chi connectivity index (χ4n) is 1.53. The maximum Gasteiger partial charge on any atom is 0.347 e. The molecule has 0 aliphatic heterocycles. The van der Waals surface area contributed by atoms with Gasteiger partial charge < -0.3 is 14.9 Å². The first-order valence-corrected chi connectivity index (χ1v) is 8.26. The van der Waals surface area contributed by atoms with Crippen LogP contribution in [0.2, 0.25) is 0 Å². The highest BCUT2D eigenvalue weighted by Gasteiger charge is 2.26. The number of carbonyl (C=O) groups is 1. The van der Waals surface area contributed by atoms with Gasteiger partial charge in [-0.25, -0.2) is 17.9 Å². The van der Waals surface area contributed by atoms with Gasteiger partial charge in [-0.1, -0.05) is 0 Å². The van der Waals surface area contributed by atoms with Crippen LogP contribution in [-0.2, 0) is 14.8 Å². The number of nitrogens with one attached hydrogen (secondary N) is 1. The molecule has 1 rings (SSSR count). The molecule has 114 valence electrons. The highest BCUT2D eigenvalue weighted by Crippen LogP contribution is 2.26. The zero-order chi connectivity index (χ0) is 15.2. The molecule has 0 unspecified atom stereocenters. The summed E-state index contributed by atoms with van der Waals surface area (Å²) < 4.78 is 31.5. The fourth-order valence-corrected chi connectivity index (χ4v) is 4.24. The molecule has 9 heteroatoms. The molecule has 20 heavy (non-hydrogen) atoms. The molecule has 0 atom stereocenters. The maximum atomic E-state index is 12.1. The minimum absolute atomic E-state index is 0.0816. The molecule has 0 radical (unpaired) electrons. The first-order valence-electron chi connectivity index (χ1n) is 5.89. The van der Waals surface area contributed by atoms with Crippen LogP contribution in [0.3, 0.4) is 0 Å². The number of thiophene rings is 1. The minimum atomic E-state index is -3.84. The molecule has 0 aromatic carbocycles. The molecule has 0 bridgehead atoms. The lowest BCUT2D eigenvalue weighted by Gasteiger charge is -2.08. The Bertz CT molecular complexity index is 551. The summed E-state index contributed by atoms with van der Waals surface area (Å²) in [6, 6.07) is 0. The molecule has 0 aliphatic rings. The van der Waals surface area contributed by atoms with Gasteiger partial charge in [0, 0.05) is 13.2 Å². The van der Waals surface area contributed by atoms with E-state index < -0.39 is 16.0 Å². The van der Waals surface area contributed by atoms with E-state index in [-0.39, 0.29) is 29.5 Å². The number of aliphatic hydroxyl groups excluding tert-OH is 1. The van der Waals surface area contributed by atoms with Crippen LogP contribution in [0.1, 0.15) is 21.7 Å². The summed E-state index contributed by atoms with van der Waals surface area (Å²) in [6.45, 7) is 2.14. The minimum Gasteiger partial charge on any atom is -0.477 e. The van der Waals surface area contributed by atoms with Gasteiger partial charge in [-0.05, 0) is 24.3 Å². The molecular formula is C11H17NO6S2. The van der Waals surface area contributed by atoms with Gasteiger partial charge >= 0.3 is 5.97 Å². The molecule has 3 N–H and O–H groups in total. The first kappa shape index (κ1) is 17.1. The van der Waals surface area contributed by atoms with Crippen molar-refractivity contribution in [1.29, 1.82) is 0 Å². The highest BCUT2D eigenvalue weighted by molar-refractivity contribution is 7.89. The van der Waals surface area contributed by atoms with E-state index in [1.807, 2.05) is 0 Å². The number of aromatic carboxylic acids is 1. The lowest BCUT2D eigenvalue weighted by molar-refractivity contribution is 0.0698. The van der Waals surface area contributed by atoms with Crippen molar-refractivity contribution in [3.63, 3.8) is 0 Å². The van der Waals surface area contributed by atoms with E-state index >= 15 is 0 Å². The number of carboxylic acids is 1. The van der Waals surface area contributed by atoms with Gasteiger partial charge in [-0.15, -0.1) is 11.3 Å². The van der Waals surface area contributed by atoms with Gasteiger partial charge in [0.05, 0.1) is 13.2 Å². The summed E-state index contributed by atoms with van der Waals surface area (Å²) in [7, 11) is -3.84. The van der Waals surface area contributed by atoms with Gasteiger partial charge in [-0.2, -0.15) is 0 Å². The summed E-state index contributed by atoms with van der Waals surface area (Å²) >= 11 is 0.890. The van der Waals surface area contributed by atoms with Crippen molar-refractivity contribution in [3.8, 4) is 0 Å². The van der Waals surface area contributed by atoms with Gasteiger partial charge in [0.1, 0.15) is 9.77 Å². The molecule has 1 aromatic heterocycles. The summed E-state index contributed by atoms with van der Waals surface area (Å²) in [6.07, 6.45) is 0.435. The van der Waals surface area contributed by atoms with Crippen LogP contribution in [-0.4, -0.2) is 51.0 Å². The Morgan fingerprint density at radius 3 is 2.75 bits per heavy atom. The van der Waals surface area contributed by atoms with Crippen molar-refractivity contribution in [2.75, 3.05) is 26.4 Å². The van der Waals surface area contributed by atoms with E-state index in [9.17, 15) is 13.2 Å². The number of hydrogen-bond acceptors (Lipinski definition) is 6. The summed E-state index contributed by atoms with van der Waals surface area (Å²) in [5, 5.41) is 19.0. The summed E-state index contributed by atoms with van der Waals surface area (Å²) in [4.78, 5) is 10.6. The number of rotatable bonds is 9. The monoisotopic (exact) mass is 323 g/mol. The van der Waals surface area contributed by atoms with Crippen LogP contribution in [0.4, 0.5) is 0 Å². The predicted molar refractivity (Wildman–Crippen MR) is 73.7 cm³/mol. The van der Waals surface area contributed by atoms with E-state index in [0.717, 1.165) is 11.3 Å². The van der Waals surface area contributed by atoms with Crippen molar-refractivity contribution in [2.24, 2.45) is 0 Å². The standard InChI is InChI=1S/C11H17NO6S2/c1-8-7-19-9(11(14)15)10(8)20(16,17)12-3-2-5-18-6-4-13/h7,12-13H,2-6H2,1H3,(H,14,15). The number of hydrogen-bond donors (Lipinski definition) is 3. The van der Waals surface area contributed by atoms with E-state index in [1.165, 1.54) is 5.38 Å². The van der Waals surface area contributed by atoms with Crippen LogP contribution >= 0.6 is 11.3 Å². The Kier molecular flexibility index (Phi) is 6.56. The van der Waals surface area contributed by atoms with Crippen molar-refractivity contribution < 1.29 is 28.2 Å². The summed E-state index contributed by atoms with van der Waals surface area (Å²) in [5.41, 5.74) is 0.413. The van der Waals surface area contributed by atoms with Crippen LogP contribution in [0, 0.1) is 6.92 Å². The third-order valence-electron chi connectivity index (χ3n) is 2.37. The van der Waals surface area contributed by atoms with E-state index in [0.29, 0.717) is 18.6 Å². The molecule has 1 aromatic rings. The zero-order valence-electron chi connectivity index (χ0n) is 11.0. The van der Waals surface area contributed by atoms with Crippen molar-refractivity contribution in [2.45, 2.75) is 18.2 Å². The zero-order valence-corrected chi connectivity index (χ0v) is 12.6. The Balaban J connectivity index is 2.65. The Hall–Kier alpha value is -1.00. The van der Waals surface area contributed by atoms with E-state index in [4.69, 9.17) is 14.9 Å². The second-order valence-electron chi connectivity index (χ2n) is 3.97. The van der Waals surface area contributed by atoms with Crippen molar-refractivity contribution in [3.05, 3.63) is 15.8 Å². The third-order valence-corrected chi connectivity index (χ3v) is 5.24. The second kappa shape index (κ2) is 7.70. The second-order valence-corrected chi connectivity index (χ2v) is 6.55. The normalized spacial score (nSPS) is 11.7. The lowest BCUT2D eigenvalue weighted by atomic mass is 10.3. The largest absolute Gasteiger partial charge is 0.477 e. The Morgan fingerprint density at radius 1 is 1.45 bits per heavy atom. The molecule has 7 nitrogen and oxygen atoms in total. The molecule has 0 aliphatic carbocycles. The molecule has 0 fully saturated rings. The van der Waals surface area contributed by atoms with Crippen molar-refractivity contribution in [1.82, 2.24) is 4.72 Å². The molecule has 0 spiro atoms. The van der Waals surface area contributed by atoms with Gasteiger partial charge in [0.15, 0.2) is 0 Å². The molecule has 0 saturated carbocycles. The Labute approximate surface area is 121 Å². The molecule has 0 saturated heterocycles. The van der Waals surface area contributed by atoms with E-state index in [1.54, 1.807) is 6.92 Å². The van der Waals surface area contributed by atoms with Crippen molar-refractivity contribution >= 4 is 27.3 Å². The number of ether oxygens (including phenoxy) is 1. The van der Waals surface area contributed by atoms with Crippen LogP contribution < -0.4 is 4.72 Å². The van der Waals surface area contributed by atoms with Gasteiger partial charge in [0.2, 0.25) is 10.0 Å². The lowest BCUT2D eigenvalue weighted by Crippen LogP contribution is -2.27. The van der Waals surface area contributed by atoms with Gasteiger partial charge in [0.25, 0.3) is 0 Å². The number of carboxylic acid groups (broad SMARTS) is 1.